The van der Waals surface area contributed by atoms with E-state index in [4.69, 9.17) is 10.6 Å². The fourth-order valence-electron chi connectivity index (χ4n) is 4.14. The van der Waals surface area contributed by atoms with E-state index in [0.717, 1.165) is 17.6 Å². The van der Waals surface area contributed by atoms with E-state index in [9.17, 15) is 19.2 Å². The summed E-state index contributed by atoms with van der Waals surface area (Å²) in [5, 5.41) is 4.80. The Kier molecular flexibility index (Phi) is 6.44. The van der Waals surface area contributed by atoms with Crippen LogP contribution in [0.2, 0.25) is 0 Å². The van der Waals surface area contributed by atoms with Gasteiger partial charge in [-0.2, -0.15) is 0 Å². The van der Waals surface area contributed by atoms with Crippen LogP contribution in [0.15, 0.2) is 53.1 Å². The first-order chi connectivity index (χ1) is 16.8. The van der Waals surface area contributed by atoms with E-state index in [1.807, 2.05) is 13.0 Å². The van der Waals surface area contributed by atoms with E-state index < -0.39 is 23.4 Å². The van der Waals surface area contributed by atoms with E-state index in [1.54, 1.807) is 30.4 Å². The molecule has 0 bridgehead atoms. The summed E-state index contributed by atoms with van der Waals surface area (Å²) >= 11 is 0. The third kappa shape index (κ3) is 4.67. The zero-order valence-corrected chi connectivity index (χ0v) is 19.4. The summed E-state index contributed by atoms with van der Waals surface area (Å²) in [5.41, 5.74) is 3.54. The first kappa shape index (κ1) is 23.8. The lowest BCUT2D eigenvalue weighted by molar-refractivity contribution is -0.122. The van der Waals surface area contributed by atoms with Crippen LogP contribution in [0.1, 0.15) is 35.7 Å². The first-order valence-electron chi connectivity index (χ1n) is 11.0. The summed E-state index contributed by atoms with van der Waals surface area (Å²) in [4.78, 5) is 51.6. The molecular formula is C25H25N5O5. The van der Waals surface area contributed by atoms with Crippen LogP contribution in [0.5, 0.6) is 5.75 Å². The number of ether oxygens (including phenoxy) is 1. The highest BCUT2D eigenvalue weighted by Gasteiger charge is 2.48. The van der Waals surface area contributed by atoms with Crippen LogP contribution in [0, 0.1) is 11.8 Å². The largest absolute Gasteiger partial charge is 0.497 e. The number of fused-ring (bicyclic) bond motifs is 1. The van der Waals surface area contributed by atoms with Gasteiger partial charge in [0.2, 0.25) is 5.54 Å². The van der Waals surface area contributed by atoms with E-state index in [1.165, 1.54) is 12.0 Å². The van der Waals surface area contributed by atoms with Gasteiger partial charge >= 0.3 is 6.03 Å². The van der Waals surface area contributed by atoms with E-state index in [0.29, 0.717) is 28.9 Å². The second-order valence-corrected chi connectivity index (χ2v) is 8.34. The molecule has 1 fully saturated rings. The molecule has 3 aliphatic rings. The number of hydrogen-bond acceptors (Lipinski definition) is 6. The van der Waals surface area contributed by atoms with E-state index >= 15 is 0 Å². The molecular weight excluding hydrogens is 450 g/mol. The van der Waals surface area contributed by atoms with Crippen LogP contribution in [0.4, 0.5) is 4.79 Å². The van der Waals surface area contributed by atoms with Crippen molar-refractivity contribution in [2.24, 2.45) is 5.84 Å². The van der Waals surface area contributed by atoms with Gasteiger partial charge in [0.15, 0.2) is 0 Å². The summed E-state index contributed by atoms with van der Waals surface area (Å²) in [6.07, 6.45) is 6.45. The van der Waals surface area contributed by atoms with Gasteiger partial charge in [0.25, 0.3) is 17.7 Å². The van der Waals surface area contributed by atoms with Gasteiger partial charge in [-0.1, -0.05) is 36.5 Å². The van der Waals surface area contributed by atoms with Crippen molar-refractivity contribution in [3.05, 3.63) is 64.3 Å². The summed E-state index contributed by atoms with van der Waals surface area (Å²) in [6, 6.07) is 4.50. The molecule has 4 rings (SSSR count). The van der Waals surface area contributed by atoms with Crippen LogP contribution in [0.25, 0.3) is 0 Å². The SMILES string of the molecule is CCC1=CC(C#CC2(CN3Cc4ccc(OC)cc4C3=O)NC(=O)NC2=O)=CC(C(=O)NN)=CC1. The molecule has 2 aliphatic heterocycles. The zero-order valence-electron chi connectivity index (χ0n) is 19.4. The third-order valence-electron chi connectivity index (χ3n) is 6.09. The molecule has 10 nitrogen and oxygen atoms in total. The highest BCUT2D eigenvalue weighted by atomic mass is 16.5. The topological polar surface area (TPSA) is 143 Å². The fraction of sp³-hybridized carbons (Fsp3) is 0.280. The Hall–Kier alpha value is -4.36. The molecule has 0 saturated carbocycles. The molecule has 10 heteroatoms. The maximum absolute atomic E-state index is 13.1. The van der Waals surface area contributed by atoms with Gasteiger partial charge in [0, 0.05) is 23.3 Å². The molecule has 0 spiro atoms. The number of carbonyl (C=O) groups is 4. The highest BCUT2D eigenvalue weighted by molar-refractivity contribution is 6.10. The van der Waals surface area contributed by atoms with Crippen LogP contribution < -0.4 is 26.6 Å². The Morgan fingerprint density at radius 3 is 2.74 bits per heavy atom. The number of benzene rings is 1. The Labute approximate surface area is 202 Å². The summed E-state index contributed by atoms with van der Waals surface area (Å²) < 4.78 is 5.21. The van der Waals surface area contributed by atoms with E-state index in [2.05, 4.69) is 27.9 Å². The van der Waals surface area contributed by atoms with Crippen molar-refractivity contribution >= 4 is 23.8 Å². The number of nitrogens with one attached hydrogen (secondary N) is 3. The van der Waals surface area contributed by atoms with Gasteiger partial charge in [-0.15, -0.1) is 0 Å². The smallest absolute Gasteiger partial charge is 0.323 e. The Balaban J connectivity index is 1.68. The predicted octanol–water partition coefficient (Wildman–Crippen LogP) is 0.815. The van der Waals surface area contributed by atoms with Crippen molar-refractivity contribution in [2.45, 2.75) is 31.8 Å². The Bertz CT molecular complexity index is 1280. The number of nitrogens with two attached hydrogens (primary N) is 1. The second kappa shape index (κ2) is 9.48. The fourth-order valence-corrected chi connectivity index (χ4v) is 4.14. The van der Waals surface area contributed by atoms with Crippen molar-refractivity contribution in [1.82, 2.24) is 21.0 Å². The molecule has 180 valence electrons. The van der Waals surface area contributed by atoms with Crippen LogP contribution in [-0.2, 0) is 16.1 Å². The summed E-state index contributed by atoms with van der Waals surface area (Å²) in [5.74, 6) is 10.2. The molecule has 0 radical (unpaired) electrons. The number of imide groups is 1. The highest BCUT2D eigenvalue weighted by Crippen LogP contribution is 2.28. The van der Waals surface area contributed by atoms with Gasteiger partial charge in [0.05, 0.1) is 13.7 Å². The van der Waals surface area contributed by atoms with Crippen molar-refractivity contribution in [2.75, 3.05) is 13.7 Å². The maximum atomic E-state index is 13.1. The molecule has 2 heterocycles. The number of carbonyl (C=O) groups excluding carboxylic acids is 4. The number of rotatable bonds is 5. The average molecular weight is 476 g/mol. The third-order valence-corrected chi connectivity index (χ3v) is 6.09. The van der Waals surface area contributed by atoms with Crippen molar-refractivity contribution in [3.63, 3.8) is 0 Å². The van der Waals surface area contributed by atoms with Crippen molar-refractivity contribution in [1.29, 1.82) is 0 Å². The van der Waals surface area contributed by atoms with E-state index in [-0.39, 0.29) is 19.0 Å². The lowest BCUT2D eigenvalue weighted by Gasteiger charge is -2.26. The molecule has 1 unspecified atom stereocenters. The molecule has 1 aliphatic carbocycles. The van der Waals surface area contributed by atoms with Crippen LogP contribution in [-0.4, -0.2) is 47.8 Å². The zero-order chi connectivity index (χ0) is 25.2. The molecule has 35 heavy (non-hydrogen) atoms. The minimum Gasteiger partial charge on any atom is -0.497 e. The Morgan fingerprint density at radius 2 is 2.09 bits per heavy atom. The lowest BCUT2D eigenvalue weighted by atomic mass is 9.98. The number of allylic oxidation sites excluding steroid dienone is 4. The predicted molar refractivity (Wildman–Crippen MR) is 126 cm³/mol. The molecule has 1 aromatic carbocycles. The molecule has 0 aromatic heterocycles. The molecule has 1 aromatic rings. The molecule has 5 N–H and O–H groups in total. The maximum Gasteiger partial charge on any atom is 0.323 e. The number of hydrazine groups is 1. The summed E-state index contributed by atoms with van der Waals surface area (Å²) in [7, 11) is 1.51. The monoisotopic (exact) mass is 475 g/mol. The number of urea groups is 1. The van der Waals surface area contributed by atoms with Crippen LogP contribution in [0.3, 0.4) is 0 Å². The van der Waals surface area contributed by atoms with Crippen molar-refractivity contribution < 1.29 is 23.9 Å². The standard InChI is InChI=1S/C25H25N5O5/c1-3-15-4-5-17(21(31)29-26)11-16(10-15)8-9-25(23(33)27-24(34)28-25)14-30-13-18-6-7-19(35-2)12-20(18)22(30)32/h5-7,10-12H,3-4,13-14,26H2,1-2H3,(H,29,31)(H2,27,28,33,34). The quantitative estimate of drug-likeness (QED) is 0.163. The van der Waals surface area contributed by atoms with Gasteiger partial charge in [-0.25, -0.2) is 10.6 Å². The lowest BCUT2D eigenvalue weighted by Crippen LogP contribution is -2.54. The number of hydrogen-bond donors (Lipinski definition) is 4. The minimum absolute atomic E-state index is 0.156. The Morgan fingerprint density at radius 1 is 1.29 bits per heavy atom. The second-order valence-electron chi connectivity index (χ2n) is 8.34. The van der Waals surface area contributed by atoms with Crippen molar-refractivity contribution in [3.8, 4) is 17.6 Å². The molecule has 1 atom stereocenters. The van der Waals surface area contributed by atoms with Gasteiger partial charge in [0.1, 0.15) is 5.75 Å². The first-order valence-corrected chi connectivity index (χ1v) is 11.0. The van der Waals surface area contributed by atoms with Gasteiger partial charge < -0.3 is 15.0 Å². The normalized spacial score (nSPS) is 20.9. The van der Waals surface area contributed by atoms with Gasteiger partial charge in [-0.3, -0.25) is 25.1 Å². The molecule has 5 amide bonds. The minimum atomic E-state index is -1.66. The number of methoxy groups -OCH3 is 1. The summed E-state index contributed by atoms with van der Waals surface area (Å²) in [6.45, 7) is 2.09. The molecule has 1 saturated heterocycles. The van der Waals surface area contributed by atoms with Crippen LogP contribution >= 0.6 is 0 Å². The number of amides is 5. The van der Waals surface area contributed by atoms with Gasteiger partial charge in [-0.05, 0) is 42.7 Å². The average Bonchev–Trinajstić information content (AvgIpc) is 3.20. The number of nitrogens with zero attached hydrogens (tertiary/aromatic N) is 1.